The molecule has 1 amide bonds. The van der Waals surface area contributed by atoms with Crippen LogP contribution in [0.25, 0.3) is 5.69 Å². The van der Waals surface area contributed by atoms with Crippen LogP contribution < -0.4 is 5.32 Å². The maximum Gasteiger partial charge on any atom is 0.255 e. The zero-order chi connectivity index (χ0) is 15.5. The highest BCUT2D eigenvalue weighted by Gasteiger charge is 2.08. The number of aromatic nitrogens is 4. The van der Waals surface area contributed by atoms with Gasteiger partial charge in [0, 0.05) is 15.7 Å². The van der Waals surface area contributed by atoms with Crippen molar-refractivity contribution in [2.75, 3.05) is 5.32 Å². The number of amides is 1. The molecule has 0 aliphatic carbocycles. The normalized spacial score (nSPS) is 10.5. The van der Waals surface area contributed by atoms with E-state index in [0.29, 0.717) is 5.56 Å². The molecule has 1 heterocycles. The summed E-state index contributed by atoms with van der Waals surface area (Å²) in [5.41, 5.74) is 3.15. The molecule has 0 saturated heterocycles. The van der Waals surface area contributed by atoms with Crippen LogP contribution in [0, 0.1) is 6.92 Å². The van der Waals surface area contributed by atoms with Gasteiger partial charge in [0.25, 0.3) is 5.91 Å². The number of rotatable bonds is 3. The topological polar surface area (TPSA) is 72.7 Å². The van der Waals surface area contributed by atoms with E-state index in [4.69, 9.17) is 0 Å². The van der Waals surface area contributed by atoms with Gasteiger partial charge in [0.15, 0.2) is 0 Å². The summed E-state index contributed by atoms with van der Waals surface area (Å²) in [5.74, 6) is -0.151. The Balaban J connectivity index is 1.80. The quantitative estimate of drug-likeness (QED) is 0.781. The standard InChI is InChI=1S/C15H12BrN5O/c1-10-8-13(6-7-14(10)21-9-17-19-20-21)18-15(22)11-2-4-12(16)5-3-11/h2-9H,1H3,(H,18,22). The first-order valence-electron chi connectivity index (χ1n) is 6.54. The largest absolute Gasteiger partial charge is 0.322 e. The van der Waals surface area contributed by atoms with E-state index in [0.717, 1.165) is 21.4 Å². The van der Waals surface area contributed by atoms with Crippen molar-refractivity contribution >= 4 is 27.5 Å². The predicted octanol–water partition coefficient (Wildman–Crippen LogP) is 2.99. The van der Waals surface area contributed by atoms with Crippen molar-refractivity contribution < 1.29 is 4.79 Å². The van der Waals surface area contributed by atoms with E-state index in [1.54, 1.807) is 16.8 Å². The van der Waals surface area contributed by atoms with E-state index in [9.17, 15) is 4.79 Å². The summed E-state index contributed by atoms with van der Waals surface area (Å²) in [7, 11) is 0. The highest BCUT2D eigenvalue weighted by Crippen LogP contribution is 2.19. The van der Waals surface area contributed by atoms with Crippen LogP contribution in [0.4, 0.5) is 5.69 Å². The SMILES string of the molecule is Cc1cc(NC(=O)c2ccc(Br)cc2)ccc1-n1cnnn1. The van der Waals surface area contributed by atoms with Gasteiger partial charge in [-0.05, 0) is 65.4 Å². The van der Waals surface area contributed by atoms with Gasteiger partial charge in [-0.15, -0.1) is 5.10 Å². The molecule has 110 valence electrons. The number of tetrazole rings is 1. The molecular weight excluding hydrogens is 346 g/mol. The molecule has 0 fully saturated rings. The van der Waals surface area contributed by atoms with Gasteiger partial charge in [0.2, 0.25) is 0 Å². The number of hydrogen-bond donors (Lipinski definition) is 1. The van der Waals surface area contributed by atoms with E-state index in [1.165, 1.54) is 6.33 Å². The fourth-order valence-electron chi connectivity index (χ4n) is 2.07. The predicted molar refractivity (Wildman–Crippen MR) is 86.0 cm³/mol. The molecule has 22 heavy (non-hydrogen) atoms. The van der Waals surface area contributed by atoms with Crippen LogP contribution in [0.15, 0.2) is 53.3 Å². The minimum atomic E-state index is -0.151. The molecule has 3 rings (SSSR count). The van der Waals surface area contributed by atoms with E-state index < -0.39 is 0 Å². The fourth-order valence-corrected chi connectivity index (χ4v) is 2.33. The number of aryl methyl sites for hydroxylation is 1. The van der Waals surface area contributed by atoms with Crippen molar-refractivity contribution in [3.8, 4) is 5.69 Å². The number of nitrogens with one attached hydrogen (secondary N) is 1. The third-order valence-corrected chi connectivity index (χ3v) is 3.69. The van der Waals surface area contributed by atoms with Crippen molar-refractivity contribution in [3.05, 3.63) is 64.4 Å². The third kappa shape index (κ3) is 3.04. The lowest BCUT2D eigenvalue weighted by Gasteiger charge is -2.09. The summed E-state index contributed by atoms with van der Waals surface area (Å²) in [6.45, 7) is 1.94. The number of anilines is 1. The molecule has 0 radical (unpaired) electrons. The van der Waals surface area contributed by atoms with Crippen molar-refractivity contribution in [2.24, 2.45) is 0 Å². The number of carbonyl (C=O) groups excluding carboxylic acids is 1. The van der Waals surface area contributed by atoms with E-state index >= 15 is 0 Å². The first-order chi connectivity index (χ1) is 10.6. The van der Waals surface area contributed by atoms with Crippen LogP contribution in [0.3, 0.4) is 0 Å². The van der Waals surface area contributed by atoms with Crippen LogP contribution in [-0.2, 0) is 0 Å². The molecule has 1 aromatic heterocycles. The van der Waals surface area contributed by atoms with Gasteiger partial charge in [-0.25, -0.2) is 4.68 Å². The van der Waals surface area contributed by atoms with Gasteiger partial charge in [-0.2, -0.15) is 0 Å². The second-order valence-corrected chi connectivity index (χ2v) is 5.63. The number of hydrogen-bond acceptors (Lipinski definition) is 4. The Hall–Kier alpha value is -2.54. The zero-order valence-electron chi connectivity index (χ0n) is 11.7. The van der Waals surface area contributed by atoms with Crippen molar-refractivity contribution in [1.29, 1.82) is 0 Å². The molecule has 0 saturated carbocycles. The summed E-state index contributed by atoms with van der Waals surface area (Å²) < 4.78 is 2.51. The van der Waals surface area contributed by atoms with Crippen LogP contribution in [-0.4, -0.2) is 26.1 Å². The molecule has 0 unspecified atom stereocenters. The van der Waals surface area contributed by atoms with Gasteiger partial charge in [-0.1, -0.05) is 15.9 Å². The molecule has 7 heteroatoms. The highest BCUT2D eigenvalue weighted by molar-refractivity contribution is 9.10. The van der Waals surface area contributed by atoms with Crippen molar-refractivity contribution in [1.82, 2.24) is 20.2 Å². The molecule has 3 aromatic rings. The van der Waals surface area contributed by atoms with Crippen LogP contribution in [0.1, 0.15) is 15.9 Å². The summed E-state index contributed by atoms with van der Waals surface area (Å²) in [4.78, 5) is 12.2. The fraction of sp³-hybridized carbons (Fsp3) is 0.0667. The summed E-state index contributed by atoms with van der Waals surface area (Å²) >= 11 is 3.35. The van der Waals surface area contributed by atoms with Gasteiger partial charge in [0.05, 0.1) is 5.69 Å². The Morgan fingerprint density at radius 3 is 2.59 bits per heavy atom. The Labute approximate surface area is 135 Å². The second-order valence-electron chi connectivity index (χ2n) is 4.72. The lowest BCUT2D eigenvalue weighted by molar-refractivity contribution is 0.102. The third-order valence-electron chi connectivity index (χ3n) is 3.16. The first-order valence-corrected chi connectivity index (χ1v) is 7.34. The molecule has 2 aromatic carbocycles. The molecule has 0 aliphatic heterocycles. The van der Waals surface area contributed by atoms with E-state index in [2.05, 4.69) is 36.8 Å². The number of nitrogens with zero attached hydrogens (tertiary/aromatic N) is 4. The highest BCUT2D eigenvalue weighted by atomic mass is 79.9. The molecular formula is C15H12BrN5O. The summed E-state index contributed by atoms with van der Waals surface area (Å²) in [6, 6.07) is 12.8. The maximum atomic E-state index is 12.2. The Bertz CT molecular complexity index is 799. The van der Waals surface area contributed by atoms with Gasteiger partial charge in [-0.3, -0.25) is 4.79 Å². The molecule has 1 N–H and O–H groups in total. The number of benzene rings is 2. The average Bonchev–Trinajstić information content (AvgIpc) is 3.02. The average molecular weight is 358 g/mol. The van der Waals surface area contributed by atoms with E-state index in [1.807, 2.05) is 37.3 Å². The first kappa shape index (κ1) is 14.4. The Morgan fingerprint density at radius 2 is 1.95 bits per heavy atom. The Morgan fingerprint density at radius 1 is 1.18 bits per heavy atom. The maximum absolute atomic E-state index is 12.2. The summed E-state index contributed by atoms with van der Waals surface area (Å²) in [5, 5.41) is 14.0. The molecule has 0 spiro atoms. The summed E-state index contributed by atoms with van der Waals surface area (Å²) in [6.07, 6.45) is 1.53. The minimum Gasteiger partial charge on any atom is -0.322 e. The molecule has 0 atom stereocenters. The van der Waals surface area contributed by atoms with Gasteiger partial charge in [0.1, 0.15) is 6.33 Å². The van der Waals surface area contributed by atoms with Crippen molar-refractivity contribution in [2.45, 2.75) is 6.92 Å². The number of carbonyl (C=O) groups is 1. The van der Waals surface area contributed by atoms with Crippen LogP contribution in [0.2, 0.25) is 0 Å². The van der Waals surface area contributed by atoms with Gasteiger partial charge < -0.3 is 5.32 Å². The minimum absolute atomic E-state index is 0.151. The van der Waals surface area contributed by atoms with Crippen LogP contribution in [0.5, 0.6) is 0 Å². The van der Waals surface area contributed by atoms with Gasteiger partial charge >= 0.3 is 0 Å². The second kappa shape index (κ2) is 6.07. The molecule has 0 aliphatic rings. The van der Waals surface area contributed by atoms with Crippen molar-refractivity contribution in [3.63, 3.8) is 0 Å². The monoisotopic (exact) mass is 357 g/mol. The zero-order valence-corrected chi connectivity index (χ0v) is 13.3. The van der Waals surface area contributed by atoms with E-state index in [-0.39, 0.29) is 5.91 Å². The molecule has 6 nitrogen and oxygen atoms in total. The lowest BCUT2D eigenvalue weighted by atomic mass is 10.1. The smallest absolute Gasteiger partial charge is 0.255 e. The number of halogens is 1. The lowest BCUT2D eigenvalue weighted by Crippen LogP contribution is -2.12. The molecule has 0 bridgehead atoms. The Kier molecular flexibility index (Phi) is 3.97. The van der Waals surface area contributed by atoms with Crippen LogP contribution >= 0.6 is 15.9 Å².